The molecule has 0 saturated heterocycles. The predicted molar refractivity (Wildman–Crippen MR) is 88.6 cm³/mol. The second-order valence-electron chi connectivity index (χ2n) is 5.10. The van der Waals surface area contributed by atoms with Crippen LogP contribution in [0.1, 0.15) is 22.1 Å². The molecule has 0 saturated carbocycles. The van der Waals surface area contributed by atoms with Crippen LogP contribution in [-0.2, 0) is 12.8 Å². The third-order valence-electron chi connectivity index (χ3n) is 3.66. The van der Waals surface area contributed by atoms with Gasteiger partial charge in [-0.1, -0.05) is 28.1 Å². The molecule has 1 atom stereocenters. The zero-order valence-electron chi connectivity index (χ0n) is 11.7. The number of methoxy groups -OCH3 is 1. The van der Waals surface area contributed by atoms with Gasteiger partial charge in [0.2, 0.25) is 0 Å². The maximum Gasteiger partial charge on any atom is 0.127 e. The zero-order valence-corrected chi connectivity index (χ0v) is 14.1. The van der Waals surface area contributed by atoms with Crippen molar-refractivity contribution >= 4 is 27.5 Å². The summed E-state index contributed by atoms with van der Waals surface area (Å²) < 4.78 is 12.1. The quantitative estimate of drug-likeness (QED) is 0.714. The maximum atomic E-state index is 6.65. The van der Waals surface area contributed by atoms with Gasteiger partial charge >= 0.3 is 0 Å². The third kappa shape index (κ3) is 3.19. The van der Waals surface area contributed by atoms with E-state index in [2.05, 4.69) is 34.1 Å². The molecule has 3 rings (SSSR count). The predicted octanol–water partition coefficient (Wildman–Crippen LogP) is 4.92. The summed E-state index contributed by atoms with van der Waals surface area (Å²) in [5.74, 6) is 1.81. The topological polar surface area (TPSA) is 18.5 Å². The van der Waals surface area contributed by atoms with Crippen LogP contribution in [0.5, 0.6) is 11.5 Å². The third-order valence-corrected chi connectivity index (χ3v) is 4.51. The van der Waals surface area contributed by atoms with Gasteiger partial charge in [0, 0.05) is 16.5 Å². The first-order valence-electron chi connectivity index (χ1n) is 6.89. The molecule has 0 N–H and O–H groups in total. The number of halogens is 2. The van der Waals surface area contributed by atoms with Crippen LogP contribution in [0.15, 0.2) is 40.9 Å². The standard InChI is InChI=1S/C17H16BrClO2/c1-20-14-4-2-3-11(7-14)8-16(19)15-10-13(18)9-12-5-6-21-17(12)15/h2-4,7,9-10,16H,5-6,8H2,1H3. The molecule has 0 spiro atoms. The molecule has 0 amide bonds. The van der Waals surface area contributed by atoms with Gasteiger partial charge in [-0.25, -0.2) is 0 Å². The van der Waals surface area contributed by atoms with Crippen LogP contribution in [0, 0.1) is 0 Å². The van der Waals surface area contributed by atoms with Gasteiger partial charge in [-0.05, 0) is 41.8 Å². The molecular weight excluding hydrogens is 352 g/mol. The van der Waals surface area contributed by atoms with E-state index in [4.69, 9.17) is 21.1 Å². The lowest BCUT2D eigenvalue weighted by molar-refractivity contribution is 0.353. The fraction of sp³-hybridized carbons (Fsp3) is 0.294. The molecule has 2 nitrogen and oxygen atoms in total. The van der Waals surface area contributed by atoms with E-state index in [1.165, 1.54) is 5.56 Å². The van der Waals surface area contributed by atoms with Crippen molar-refractivity contribution in [1.82, 2.24) is 0 Å². The van der Waals surface area contributed by atoms with E-state index in [0.717, 1.165) is 46.5 Å². The lowest BCUT2D eigenvalue weighted by Gasteiger charge is -2.15. The number of hydrogen-bond donors (Lipinski definition) is 0. The first-order chi connectivity index (χ1) is 10.2. The average molecular weight is 368 g/mol. The first kappa shape index (κ1) is 14.7. The van der Waals surface area contributed by atoms with Crippen molar-refractivity contribution in [2.24, 2.45) is 0 Å². The Morgan fingerprint density at radius 3 is 3.00 bits per heavy atom. The van der Waals surface area contributed by atoms with Gasteiger partial charge in [0.25, 0.3) is 0 Å². The van der Waals surface area contributed by atoms with E-state index in [0.29, 0.717) is 0 Å². The highest BCUT2D eigenvalue weighted by Crippen LogP contribution is 2.40. The van der Waals surface area contributed by atoms with E-state index in [1.54, 1.807) is 7.11 Å². The number of ether oxygens (including phenoxy) is 2. The minimum absolute atomic E-state index is 0.124. The van der Waals surface area contributed by atoms with Crippen molar-refractivity contribution in [2.45, 2.75) is 18.2 Å². The normalized spacial score (nSPS) is 14.4. The highest BCUT2D eigenvalue weighted by atomic mass is 79.9. The Kier molecular flexibility index (Phi) is 4.41. The highest BCUT2D eigenvalue weighted by Gasteiger charge is 2.22. The van der Waals surface area contributed by atoms with Crippen molar-refractivity contribution in [2.75, 3.05) is 13.7 Å². The van der Waals surface area contributed by atoms with Gasteiger partial charge in [-0.3, -0.25) is 0 Å². The second-order valence-corrected chi connectivity index (χ2v) is 6.55. The van der Waals surface area contributed by atoms with Crippen LogP contribution >= 0.6 is 27.5 Å². The van der Waals surface area contributed by atoms with Crippen LogP contribution in [0.3, 0.4) is 0 Å². The minimum atomic E-state index is -0.124. The summed E-state index contributed by atoms with van der Waals surface area (Å²) in [7, 11) is 1.67. The largest absolute Gasteiger partial charge is 0.497 e. The molecule has 1 aliphatic rings. The van der Waals surface area contributed by atoms with E-state index in [1.807, 2.05) is 18.2 Å². The molecule has 21 heavy (non-hydrogen) atoms. The van der Waals surface area contributed by atoms with Crippen LogP contribution in [0.25, 0.3) is 0 Å². The number of alkyl halides is 1. The van der Waals surface area contributed by atoms with Crippen molar-refractivity contribution in [1.29, 1.82) is 0 Å². The minimum Gasteiger partial charge on any atom is -0.497 e. The molecular formula is C17H16BrClO2. The summed E-state index contributed by atoms with van der Waals surface area (Å²) >= 11 is 10.2. The molecule has 0 bridgehead atoms. The van der Waals surface area contributed by atoms with E-state index in [9.17, 15) is 0 Å². The molecule has 4 heteroatoms. The maximum absolute atomic E-state index is 6.65. The van der Waals surface area contributed by atoms with Gasteiger partial charge < -0.3 is 9.47 Å². The Labute approximate surface area is 138 Å². The number of benzene rings is 2. The monoisotopic (exact) mass is 366 g/mol. The summed E-state index contributed by atoms with van der Waals surface area (Å²) in [4.78, 5) is 0. The average Bonchev–Trinajstić information content (AvgIpc) is 2.94. The Morgan fingerprint density at radius 2 is 2.19 bits per heavy atom. The van der Waals surface area contributed by atoms with Gasteiger partial charge in [0.15, 0.2) is 0 Å². The summed E-state index contributed by atoms with van der Waals surface area (Å²) in [6.45, 7) is 0.738. The fourth-order valence-electron chi connectivity index (χ4n) is 2.65. The molecule has 0 aliphatic carbocycles. The Hall–Kier alpha value is -1.19. The van der Waals surface area contributed by atoms with Gasteiger partial charge in [-0.2, -0.15) is 0 Å². The molecule has 1 unspecified atom stereocenters. The lowest BCUT2D eigenvalue weighted by Crippen LogP contribution is -2.00. The second kappa shape index (κ2) is 6.29. The van der Waals surface area contributed by atoms with Crippen molar-refractivity contribution in [3.05, 3.63) is 57.6 Å². The van der Waals surface area contributed by atoms with Crippen molar-refractivity contribution in [3.63, 3.8) is 0 Å². The summed E-state index contributed by atoms with van der Waals surface area (Å²) in [6.07, 6.45) is 1.69. The Balaban J connectivity index is 1.87. The van der Waals surface area contributed by atoms with Gasteiger partial charge in [0.1, 0.15) is 11.5 Å². The lowest BCUT2D eigenvalue weighted by atomic mass is 10.0. The smallest absolute Gasteiger partial charge is 0.127 e. The van der Waals surface area contributed by atoms with E-state index in [-0.39, 0.29) is 5.38 Å². The van der Waals surface area contributed by atoms with Crippen LogP contribution in [0.2, 0.25) is 0 Å². The number of rotatable bonds is 4. The Bertz CT molecular complexity index is 657. The van der Waals surface area contributed by atoms with Gasteiger partial charge in [0.05, 0.1) is 19.1 Å². The number of fused-ring (bicyclic) bond motifs is 1. The molecule has 2 aromatic carbocycles. The molecule has 0 radical (unpaired) electrons. The van der Waals surface area contributed by atoms with Crippen LogP contribution < -0.4 is 9.47 Å². The molecule has 1 aliphatic heterocycles. The van der Waals surface area contributed by atoms with Gasteiger partial charge in [-0.15, -0.1) is 11.6 Å². The van der Waals surface area contributed by atoms with E-state index >= 15 is 0 Å². The molecule has 2 aromatic rings. The summed E-state index contributed by atoms with van der Waals surface area (Å²) in [6, 6.07) is 12.2. The highest BCUT2D eigenvalue weighted by molar-refractivity contribution is 9.10. The fourth-order valence-corrected chi connectivity index (χ4v) is 3.51. The molecule has 0 fully saturated rings. The SMILES string of the molecule is COc1cccc(CC(Cl)c2cc(Br)cc3c2OCC3)c1. The zero-order chi connectivity index (χ0) is 14.8. The van der Waals surface area contributed by atoms with Crippen molar-refractivity contribution in [3.8, 4) is 11.5 Å². The number of hydrogen-bond acceptors (Lipinski definition) is 2. The summed E-state index contributed by atoms with van der Waals surface area (Å²) in [5.41, 5.74) is 3.44. The van der Waals surface area contributed by atoms with Crippen LogP contribution in [-0.4, -0.2) is 13.7 Å². The Morgan fingerprint density at radius 1 is 1.33 bits per heavy atom. The summed E-state index contributed by atoms with van der Waals surface area (Å²) in [5, 5.41) is -0.124. The molecule has 1 heterocycles. The molecule has 110 valence electrons. The van der Waals surface area contributed by atoms with Crippen molar-refractivity contribution < 1.29 is 9.47 Å². The molecule has 0 aromatic heterocycles. The van der Waals surface area contributed by atoms with E-state index < -0.39 is 0 Å². The first-order valence-corrected chi connectivity index (χ1v) is 8.12. The van der Waals surface area contributed by atoms with Crippen LogP contribution in [0.4, 0.5) is 0 Å².